The molecule has 0 amide bonds. The van der Waals surface area contributed by atoms with E-state index in [1.807, 2.05) is 11.9 Å². The number of alkyl halides is 3. The molecule has 4 heterocycles. The fourth-order valence-corrected chi connectivity index (χ4v) is 5.51. The average Bonchev–Trinajstić information content (AvgIpc) is 3.22. The van der Waals surface area contributed by atoms with Crippen molar-refractivity contribution in [2.24, 2.45) is 5.41 Å². The Morgan fingerprint density at radius 1 is 1.19 bits per heavy atom. The number of aromatic nitrogens is 4. The van der Waals surface area contributed by atoms with Crippen molar-refractivity contribution < 1.29 is 22.6 Å². The van der Waals surface area contributed by atoms with E-state index in [-0.39, 0.29) is 24.2 Å². The van der Waals surface area contributed by atoms with Gasteiger partial charge in [-0.1, -0.05) is 12.1 Å². The van der Waals surface area contributed by atoms with Crippen molar-refractivity contribution in [1.29, 1.82) is 0 Å². The predicted octanol–water partition coefficient (Wildman–Crippen LogP) is 3.88. The summed E-state index contributed by atoms with van der Waals surface area (Å²) in [5.41, 5.74) is 2.04. The van der Waals surface area contributed by atoms with Crippen LogP contribution in [0.3, 0.4) is 0 Å². The van der Waals surface area contributed by atoms with E-state index in [9.17, 15) is 13.2 Å². The normalized spacial score (nSPS) is 19.3. The molecule has 9 nitrogen and oxygen atoms in total. The topological polar surface area (TPSA) is 88.8 Å². The number of hydrogen-bond donors (Lipinski definition) is 2. The lowest BCUT2D eigenvalue weighted by Gasteiger charge is -2.50. The van der Waals surface area contributed by atoms with Crippen LogP contribution in [0.5, 0.6) is 11.5 Å². The van der Waals surface area contributed by atoms with Gasteiger partial charge in [0, 0.05) is 18.7 Å². The van der Waals surface area contributed by atoms with Crippen molar-refractivity contribution in [3.8, 4) is 22.9 Å². The Kier molecular flexibility index (Phi) is 6.27. The lowest BCUT2D eigenvalue weighted by atomic mass is 9.60. The van der Waals surface area contributed by atoms with Crippen LogP contribution in [0.15, 0.2) is 24.3 Å². The molecule has 2 aromatic heterocycles. The largest absolute Gasteiger partial charge is 0.573 e. The standard InChI is InChI=1S/C23H26F3N7O2.ClH/c1-32-9-10-34-18-17(32)21-30-29-20(14-3-2-4-16(11-14)35-23(24,25)26)33(21)31-19(18)28-15-12-22(13-15)5-7-27-8-6-22;/h2-4,11,15,27H,5-10,12-13H2,1H3,(H,28,31);1H. The zero-order valence-corrected chi connectivity index (χ0v) is 20.5. The maximum Gasteiger partial charge on any atom is 0.573 e. The SMILES string of the molecule is CN1CCOc2c(NC3CC4(CCNCC4)C3)nn3c(-c4cccc(OC(F)(F)F)c4)nnc3c21.Cl. The van der Waals surface area contributed by atoms with Gasteiger partial charge in [0.05, 0.1) is 6.54 Å². The van der Waals surface area contributed by atoms with E-state index in [0.717, 1.165) is 31.6 Å². The molecule has 6 rings (SSSR count). The quantitative estimate of drug-likeness (QED) is 0.530. The molecule has 0 radical (unpaired) electrons. The van der Waals surface area contributed by atoms with Gasteiger partial charge in [-0.2, -0.15) is 4.52 Å². The fraction of sp³-hybridized carbons (Fsp3) is 0.522. The number of ether oxygens (including phenoxy) is 2. The van der Waals surface area contributed by atoms with Crippen LogP contribution in [0.4, 0.5) is 24.7 Å². The molecule has 3 aliphatic rings. The van der Waals surface area contributed by atoms with Gasteiger partial charge in [0.15, 0.2) is 17.4 Å². The van der Waals surface area contributed by atoms with Crippen molar-refractivity contribution in [2.45, 2.75) is 38.1 Å². The second kappa shape index (κ2) is 9.15. The first-order valence-corrected chi connectivity index (χ1v) is 11.8. The van der Waals surface area contributed by atoms with Crippen LogP contribution in [-0.4, -0.2) is 65.5 Å². The summed E-state index contributed by atoms with van der Waals surface area (Å²) in [4.78, 5) is 2.04. The van der Waals surface area contributed by atoms with Gasteiger partial charge in [0.25, 0.3) is 0 Å². The van der Waals surface area contributed by atoms with Crippen LogP contribution >= 0.6 is 12.4 Å². The lowest BCUT2D eigenvalue weighted by Crippen LogP contribution is -2.50. The first-order chi connectivity index (χ1) is 16.8. The summed E-state index contributed by atoms with van der Waals surface area (Å²) in [7, 11) is 1.95. The van der Waals surface area contributed by atoms with Crippen LogP contribution in [0.25, 0.3) is 17.0 Å². The molecular weight excluding hydrogens is 499 g/mol. The zero-order valence-electron chi connectivity index (χ0n) is 19.6. The molecule has 194 valence electrons. The third kappa shape index (κ3) is 4.47. The van der Waals surface area contributed by atoms with Gasteiger partial charge in [-0.25, -0.2) is 0 Å². The number of anilines is 2. The molecule has 0 unspecified atom stereocenters. The summed E-state index contributed by atoms with van der Waals surface area (Å²) in [6.07, 6.45) is -0.272. The number of fused-ring (bicyclic) bond motifs is 3. The molecule has 1 saturated carbocycles. The van der Waals surface area contributed by atoms with Crippen LogP contribution in [0, 0.1) is 5.41 Å². The Morgan fingerprint density at radius 3 is 2.72 bits per heavy atom. The molecule has 3 aromatic rings. The molecule has 0 bridgehead atoms. The van der Waals surface area contributed by atoms with Gasteiger partial charge in [-0.3, -0.25) is 0 Å². The van der Waals surface area contributed by atoms with Crippen molar-refractivity contribution in [3.63, 3.8) is 0 Å². The van der Waals surface area contributed by atoms with Gasteiger partial charge in [0.2, 0.25) is 5.65 Å². The highest BCUT2D eigenvalue weighted by Crippen LogP contribution is 2.50. The molecule has 2 fully saturated rings. The van der Waals surface area contributed by atoms with E-state index in [1.165, 1.54) is 31.0 Å². The molecule has 1 spiro atoms. The first kappa shape index (κ1) is 24.7. The minimum Gasteiger partial charge on any atom is -0.486 e. The van der Waals surface area contributed by atoms with Gasteiger partial charge in [-0.05, 0) is 56.3 Å². The third-order valence-electron chi connectivity index (χ3n) is 7.23. The Labute approximate surface area is 211 Å². The Morgan fingerprint density at radius 2 is 1.97 bits per heavy atom. The van der Waals surface area contributed by atoms with Crippen molar-refractivity contribution in [2.75, 3.05) is 43.5 Å². The second-order valence-electron chi connectivity index (χ2n) is 9.63. The molecule has 1 aliphatic carbocycles. The summed E-state index contributed by atoms with van der Waals surface area (Å²) in [6.45, 7) is 3.31. The summed E-state index contributed by atoms with van der Waals surface area (Å²) in [5, 5.41) is 20.3. The van der Waals surface area contributed by atoms with Crippen molar-refractivity contribution in [3.05, 3.63) is 24.3 Å². The van der Waals surface area contributed by atoms with E-state index in [1.54, 1.807) is 10.6 Å². The number of hydrogen-bond acceptors (Lipinski definition) is 8. The van der Waals surface area contributed by atoms with E-state index in [2.05, 4.69) is 25.6 Å². The lowest BCUT2D eigenvalue weighted by molar-refractivity contribution is -0.274. The highest BCUT2D eigenvalue weighted by Gasteiger charge is 2.45. The van der Waals surface area contributed by atoms with E-state index >= 15 is 0 Å². The first-order valence-electron chi connectivity index (χ1n) is 11.8. The molecule has 0 atom stereocenters. The van der Waals surface area contributed by atoms with Crippen LogP contribution < -0.4 is 25.0 Å². The average molecular weight is 526 g/mol. The number of halogens is 4. The van der Waals surface area contributed by atoms with Crippen LogP contribution in [-0.2, 0) is 0 Å². The monoisotopic (exact) mass is 525 g/mol. The summed E-state index contributed by atoms with van der Waals surface area (Å²) in [6, 6.07) is 5.95. The van der Waals surface area contributed by atoms with Crippen molar-refractivity contribution in [1.82, 2.24) is 25.1 Å². The van der Waals surface area contributed by atoms with E-state index in [0.29, 0.717) is 47.2 Å². The molecule has 2 aliphatic heterocycles. The van der Waals surface area contributed by atoms with Crippen LogP contribution in [0.2, 0.25) is 0 Å². The number of nitrogens with one attached hydrogen (secondary N) is 2. The number of rotatable bonds is 4. The predicted molar refractivity (Wildman–Crippen MR) is 130 cm³/mol. The number of likely N-dealkylation sites (N-methyl/N-ethyl adjacent to an activating group) is 1. The highest BCUT2D eigenvalue weighted by molar-refractivity contribution is 5.85. The van der Waals surface area contributed by atoms with Crippen molar-refractivity contribution >= 4 is 29.6 Å². The molecular formula is C23H27ClF3N7O2. The van der Waals surface area contributed by atoms with E-state index in [4.69, 9.17) is 9.84 Å². The highest BCUT2D eigenvalue weighted by atomic mass is 35.5. The van der Waals surface area contributed by atoms with Gasteiger partial charge in [0.1, 0.15) is 18.0 Å². The minimum atomic E-state index is -4.78. The summed E-state index contributed by atoms with van der Waals surface area (Å²) in [5.74, 6) is 1.22. The molecule has 13 heteroatoms. The molecule has 2 N–H and O–H groups in total. The molecule has 1 aromatic carbocycles. The smallest absolute Gasteiger partial charge is 0.486 e. The van der Waals surface area contributed by atoms with Gasteiger partial charge < -0.3 is 25.0 Å². The third-order valence-corrected chi connectivity index (χ3v) is 7.23. The zero-order chi connectivity index (χ0) is 24.2. The number of benzene rings is 1. The second-order valence-corrected chi connectivity index (χ2v) is 9.63. The Hall–Kier alpha value is -2.99. The number of nitrogens with zero attached hydrogens (tertiary/aromatic N) is 5. The summed E-state index contributed by atoms with van der Waals surface area (Å²) < 4.78 is 49.9. The van der Waals surface area contributed by atoms with Gasteiger partial charge in [-0.15, -0.1) is 40.9 Å². The Bertz CT molecular complexity index is 1250. The van der Waals surface area contributed by atoms with Crippen LogP contribution in [0.1, 0.15) is 25.7 Å². The summed E-state index contributed by atoms with van der Waals surface area (Å²) >= 11 is 0. The number of piperidine rings is 1. The Balaban J connectivity index is 0.00000267. The van der Waals surface area contributed by atoms with E-state index < -0.39 is 6.36 Å². The molecule has 1 saturated heterocycles. The fourth-order valence-electron chi connectivity index (χ4n) is 5.51. The minimum absolute atomic E-state index is 0. The van der Waals surface area contributed by atoms with Gasteiger partial charge >= 0.3 is 6.36 Å². The maximum absolute atomic E-state index is 12.7. The molecule has 36 heavy (non-hydrogen) atoms. The maximum atomic E-state index is 12.7.